The number of amides is 2. The summed E-state index contributed by atoms with van der Waals surface area (Å²) >= 11 is 0. The van der Waals surface area contributed by atoms with E-state index in [4.69, 9.17) is 0 Å². The second-order valence-electron chi connectivity index (χ2n) is 5.55. The van der Waals surface area contributed by atoms with Crippen molar-refractivity contribution in [2.45, 2.75) is 27.3 Å². The smallest absolute Gasteiger partial charge is 0.313 e. The van der Waals surface area contributed by atoms with Crippen LogP contribution in [0.3, 0.4) is 0 Å². The minimum Gasteiger partial charge on any atom is -0.344 e. The van der Waals surface area contributed by atoms with Crippen molar-refractivity contribution < 1.29 is 14.0 Å². The van der Waals surface area contributed by atoms with Crippen LogP contribution in [0.15, 0.2) is 36.4 Å². The maximum atomic E-state index is 13.6. The van der Waals surface area contributed by atoms with Gasteiger partial charge in [0.2, 0.25) is 0 Å². The molecule has 0 heterocycles. The number of carbonyl (C=O) groups excluding carboxylic acids is 2. The number of benzene rings is 2. The molecule has 2 amide bonds. The standard InChI is InChI=1S/C18H19FN2O2/c1-11-4-6-14(13(3)8-11)10-20-17(22)18(23)21-16-9-12(2)5-7-15(16)19/h4-9H,10H2,1-3H3,(H,20,22)(H,21,23). The molecule has 0 bridgehead atoms. The van der Waals surface area contributed by atoms with E-state index in [9.17, 15) is 14.0 Å². The van der Waals surface area contributed by atoms with Crippen molar-refractivity contribution in [3.05, 3.63) is 64.5 Å². The predicted molar refractivity (Wildman–Crippen MR) is 87.5 cm³/mol. The first-order chi connectivity index (χ1) is 10.9. The van der Waals surface area contributed by atoms with Crippen LogP contribution in [0.1, 0.15) is 22.3 Å². The van der Waals surface area contributed by atoms with E-state index in [1.54, 1.807) is 13.0 Å². The van der Waals surface area contributed by atoms with Crippen molar-refractivity contribution in [1.29, 1.82) is 0 Å². The summed E-state index contributed by atoms with van der Waals surface area (Å²) < 4.78 is 13.6. The number of aryl methyl sites for hydroxylation is 3. The lowest BCUT2D eigenvalue weighted by Crippen LogP contribution is -2.35. The van der Waals surface area contributed by atoms with Gasteiger partial charge >= 0.3 is 11.8 Å². The predicted octanol–water partition coefficient (Wildman–Crippen LogP) is 3.01. The van der Waals surface area contributed by atoms with Crippen LogP contribution < -0.4 is 10.6 Å². The lowest BCUT2D eigenvalue weighted by Gasteiger charge is -2.10. The summed E-state index contributed by atoms with van der Waals surface area (Å²) in [5.74, 6) is -2.27. The van der Waals surface area contributed by atoms with Gasteiger partial charge in [-0.2, -0.15) is 0 Å². The largest absolute Gasteiger partial charge is 0.344 e. The van der Waals surface area contributed by atoms with Crippen LogP contribution >= 0.6 is 0 Å². The molecule has 2 rings (SSSR count). The summed E-state index contributed by atoms with van der Waals surface area (Å²) in [7, 11) is 0. The second kappa shape index (κ2) is 7.05. The molecular formula is C18H19FN2O2. The Kier molecular flexibility index (Phi) is 5.11. The Labute approximate surface area is 134 Å². The Morgan fingerprint density at radius 3 is 2.30 bits per heavy atom. The van der Waals surface area contributed by atoms with Crippen molar-refractivity contribution in [3.8, 4) is 0 Å². The molecule has 0 aliphatic carbocycles. The van der Waals surface area contributed by atoms with Crippen LogP contribution in [0.5, 0.6) is 0 Å². The van der Waals surface area contributed by atoms with Crippen LogP contribution in [0.25, 0.3) is 0 Å². The molecule has 0 saturated heterocycles. The minimum atomic E-state index is -0.890. The molecule has 0 aliphatic heterocycles. The van der Waals surface area contributed by atoms with E-state index in [1.807, 2.05) is 32.0 Å². The third kappa shape index (κ3) is 4.39. The third-order valence-electron chi connectivity index (χ3n) is 3.51. The molecule has 0 atom stereocenters. The number of carbonyl (C=O) groups is 2. The molecule has 0 unspecified atom stereocenters. The van der Waals surface area contributed by atoms with Crippen molar-refractivity contribution >= 4 is 17.5 Å². The van der Waals surface area contributed by atoms with Gasteiger partial charge in [0.25, 0.3) is 0 Å². The number of nitrogens with one attached hydrogen (secondary N) is 2. The Bertz CT molecular complexity index is 757. The molecule has 23 heavy (non-hydrogen) atoms. The number of hydrogen-bond acceptors (Lipinski definition) is 2. The fourth-order valence-electron chi connectivity index (χ4n) is 2.21. The van der Waals surface area contributed by atoms with Gasteiger partial charge in [-0.3, -0.25) is 9.59 Å². The molecule has 0 aromatic heterocycles. The molecule has 0 spiro atoms. The zero-order valence-electron chi connectivity index (χ0n) is 13.4. The van der Waals surface area contributed by atoms with Gasteiger partial charge in [-0.05, 0) is 49.6 Å². The fourth-order valence-corrected chi connectivity index (χ4v) is 2.21. The van der Waals surface area contributed by atoms with Crippen molar-refractivity contribution in [2.75, 3.05) is 5.32 Å². The van der Waals surface area contributed by atoms with Crippen LogP contribution in [0.4, 0.5) is 10.1 Å². The molecule has 0 aliphatic rings. The lowest BCUT2D eigenvalue weighted by atomic mass is 10.1. The van der Waals surface area contributed by atoms with Gasteiger partial charge in [0.15, 0.2) is 0 Å². The van der Waals surface area contributed by atoms with Crippen LogP contribution in [0, 0.1) is 26.6 Å². The minimum absolute atomic E-state index is 0.00309. The van der Waals surface area contributed by atoms with E-state index in [-0.39, 0.29) is 12.2 Å². The molecule has 0 radical (unpaired) electrons. The maximum Gasteiger partial charge on any atom is 0.313 e. The average Bonchev–Trinajstić information content (AvgIpc) is 2.49. The second-order valence-corrected chi connectivity index (χ2v) is 5.55. The van der Waals surface area contributed by atoms with Crippen LogP contribution in [-0.2, 0) is 16.1 Å². The first kappa shape index (κ1) is 16.7. The highest BCUT2D eigenvalue weighted by Crippen LogP contribution is 2.15. The molecule has 2 aromatic carbocycles. The van der Waals surface area contributed by atoms with E-state index in [0.717, 1.165) is 22.3 Å². The van der Waals surface area contributed by atoms with Gasteiger partial charge in [-0.15, -0.1) is 0 Å². The average molecular weight is 314 g/mol. The topological polar surface area (TPSA) is 58.2 Å². The molecule has 5 heteroatoms. The lowest BCUT2D eigenvalue weighted by molar-refractivity contribution is -0.136. The summed E-state index contributed by atoms with van der Waals surface area (Å²) in [5.41, 5.74) is 3.88. The Morgan fingerprint density at radius 2 is 1.61 bits per heavy atom. The molecule has 120 valence electrons. The van der Waals surface area contributed by atoms with Crippen LogP contribution in [-0.4, -0.2) is 11.8 Å². The first-order valence-corrected chi connectivity index (χ1v) is 7.28. The maximum absolute atomic E-state index is 13.6. The van der Waals surface area contributed by atoms with E-state index < -0.39 is 17.6 Å². The van der Waals surface area contributed by atoms with E-state index in [0.29, 0.717) is 0 Å². The first-order valence-electron chi connectivity index (χ1n) is 7.28. The van der Waals surface area contributed by atoms with Gasteiger partial charge < -0.3 is 10.6 Å². The Balaban J connectivity index is 1.97. The highest BCUT2D eigenvalue weighted by atomic mass is 19.1. The number of rotatable bonds is 3. The van der Waals surface area contributed by atoms with Crippen LogP contribution in [0.2, 0.25) is 0 Å². The van der Waals surface area contributed by atoms with Crippen molar-refractivity contribution in [2.24, 2.45) is 0 Å². The summed E-state index contributed by atoms with van der Waals surface area (Å²) in [6, 6.07) is 10.2. The normalized spacial score (nSPS) is 10.3. The molecule has 2 aromatic rings. The summed E-state index contributed by atoms with van der Waals surface area (Å²) in [5, 5.41) is 4.82. The highest BCUT2D eigenvalue weighted by Gasteiger charge is 2.15. The highest BCUT2D eigenvalue weighted by molar-refractivity contribution is 6.39. The van der Waals surface area contributed by atoms with Gasteiger partial charge in [0.05, 0.1) is 5.69 Å². The number of halogens is 1. The quantitative estimate of drug-likeness (QED) is 0.856. The third-order valence-corrected chi connectivity index (χ3v) is 3.51. The molecular weight excluding hydrogens is 295 g/mol. The van der Waals surface area contributed by atoms with E-state index in [1.165, 1.54) is 12.1 Å². The van der Waals surface area contributed by atoms with E-state index >= 15 is 0 Å². The van der Waals surface area contributed by atoms with Gasteiger partial charge in [0.1, 0.15) is 5.82 Å². The Hall–Kier alpha value is -2.69. The summed E-state index contributed by atoms with van der Waals surface area (Å²) in [4.78, 5) is 23.7. The van der Waals surface area contributed by atoms with Crippen molar-refractivity contribution in [3.63, 3.8) is 0 Å². The number of anilines is 1. The molecule has 2 N–H and O–H groups in total. The van der Waals surface area contributed by atoms with E-state index in [2.05, 4.69) is 10.6 Å². The molecule has 0 saturated carbocycles. The van der Waals surface area contributed by atoms with Gasteiger partial charge in [-0.25, -0.2) is 4.39 Å². The number of hydrogen-bond donors (Lipinski definition) is 2. The Morgan fingerprint density at radius 1 is 0.957 bits per heavy atom. The SMILES string of the molecule is Cc1ccc(CNC(=O)C(=O)Nc2cc(C)ccc2F)c(C)c1. The molecule has 4 nitrogen and oxygen atoms in total. The van der Waals surface area contributed by atoms with Gasteiger partial charge in [-0.1, -0.05) is 29.8 Å². The van der Waals surface area contributed by atoms with Crippen molar-refractivity contribution in [1.82, 2.24) is 5.32 Å². The molecule has 0 fully saturated rings. The zero-order chi connectivity index (χ0) is 17.0. The monoisotopic (exact) mass is 314 g/mol. The summed E-state index contributed by atoms with van der Waals surface area (Å²) in [6.07, 6.45) is 0. The zero-order valence-corrected chi connectivity index (χ0v) is 13.4. The summed E-state index contributed by atoms with van der Waals surface area (Å²) in [6.45, 7) is 5.94. The van der Waals surface area contributed by atoms with Gasteiger partial charge in [0, 0.05) is 6.54 Å². The fraction of sp³-hybridized carbons (Fsp3) is 0.222.